The van der Waals surface area contributed by atoms with Gasteiger partial charge in [0.15, 0.2) is 5.82 Å². The fraction of sp³-hybridized carbons (Fsp3) is 0.571. The van der Waals surface area contributed by atoms with E-state index in [2.05, 4.69) is 15.5 Å². The normalized spacial score (nSPS) is 10.1. The Morgan fingerprint density at radius 3 is 3.00 bits per heavy atom. The Labute approximate surface area is 85.3 Å². The number of H-pyrrole nitrogens is 1. The molecule has 0 bridgehead atoms. The van der Waals surface area contributed by atoms with Gasteiger partial charge in [0.2, 0.25) is 5.91 Å². The first-order chi connectivity index (χ1) is 6.69. The van der Waals surface area contributed by atoms with E-state index in [9.17, 15) is 9.59 Å². The van der Waals surface area contributed by atoms with Crippen molar-refractivity contribution in [3.63, 3.8) is 0 Å². The van der Waals surface area contributed by atoms with Crippen LogP contribution in [-0.4, -0.2) is 26.6 Å². The summed E-state index contributed by atoms with van der Waals surface area (Å²) in [6.45, 7) is 2.54. The fourth-order valence-electron chi connectivity index (χ4n) is 1.04. The van der Waals surface area contributed by atoms with Crippen molar-refractivity contribution in [1.29, 1.82) is 0 Å². The van der Waals surface area contributed by atoms with Gasteiger partial charge in [-0.05, 0) is 6.92 Å². The fourth-order valence-corrected chi connectivity index (χ4v) is 1.13. The molecule has 0 aliphatic rings. The second-order valence-electron chi connectivity index (χ2n) is 2.60. The first-order valence-electron chi connectivity index (χ1n) is 4.15. The summed E-state index contributed by atoms with van der Waals surface area (Å²) in [6.07, 6.45) is 0. The Morgan fingerprint density at radius 2 is 2.43 bits per heavy atom. The molecule has 0 saturated heterocycles. The standard InChI is InChI=1S/C7H11ClN4O2/c1-2-12-5(10-11-7(12)14)4-9-6(13)3-8/h2-4H2,1H3,(H,9,13)(H,11,14). The number of rotatable bonds is 4. The van der Waals surface area contributed by atoms with E-state index in [-0.39, 0.29) is 24.0 Å². The number of nitrogens with one attached hydrogen (secondary N) is 2. The minimum Gasteiger partial charge on any atom is -0.348 e. The molecule has 6 nitrogen and oxygen atoms in total. The predicted octanol–water partition coefficient (Wildman–Crippen LogP) is -0.554. The lowest BCUT2D eigenvalue weighted by atomic mass is 10.5. The third kappa shape index (κ3) is 2.35. The number of nitrogens with zero attached hydrogens (tertiary/aromatic N) is 2. The zero-order valence-electron chi connectivity index (χ0n) is 7.71. The van der Waals surface area contributed by atoms with Gasteiger partial charge in [0.1, 0.15) is 5.88 Å². The van der Waals surface area contributed by atoms with Crippen LogP contribution >= 0.6 is 11.6 Å². The number of hydrogen-bond donors (Lipinski definition) is 2. The number of amides is 1. The summed E-state index contributed by atoms with van der Waals surface area (Å²) in [5, 5.41) is 8.59. The summed E-state index contributed by atoms with van der Waals surface area (Å²) in [4.78, 5) is 21.9. The van der Waals surface area contributed by atoms with Crippen molar-refractivity contribution in [2.24, 2.45) is 0 Å². The Balaban J connectivity index is 2.67. The van der Waals surface area contributed by atoms with E-state index in [1.165, 1.54) is 4.57 Å². The molecule has 1 aromatic heterocycles. The molecule has 2 N–H and O–H groups in total. The van der Waals surface area contributed by atoms with Gasteiger partial charge in [-0.2, -0.15) is 5.10 Å². The summed E-state index contributed by atoms with van der Waals surface area (Å²) in [5.74, 6) is 0.113. The summed E-state index contributed by atoms with van der Waals surface area (Å²) >= 11 is 5.29. The van der Waals surface area contributed by atoms with Crippen molar-refractivity contribution in [2.45, 2.75) is 20.0 Å². The number of alkyl halides is 1. The Kier molecular flexibility index (Phi) is 3.70. The Morgan fingerprint density at radius 1 is 1.71 bits per heavy atom. The quantitative estimate of drug-likeness (QED) is 0.666. The summed E-state index contributed by atoms with van der Waals surface area (Å²) in [6, 6.07) is 0. The molecule has 0 aromatic carbocycles. The van der Waals surface area contributed by atoms with Crippen LogP contribution in [0.4, 0.5) is 0 Å². The molecule has 0 atom stereocenters. The molecule has 0 aliphatic carbocycles. The minimum absolute atomic E-state index is 0.0964. The molecule has 0 saturated carbocycles. The maximum absolute atomic E-state index is 11.1. The summed E-state index contributed by atoms with van der Waals surface area (Å²) < 4.78 is 1.44. The van der Waals surface area contributed by atoms with E-state index in [1.54, 1.807) is 0 Å². The number of aromatic nitrogens is 3. The molecule has 0 aliphatic heterocycles. The van der Waals surface area contributed by atoms with Crippen LogP contribution in [0.2, 0.25) is 0 Å². The summed E-state index contributed by atoms with van der Waals surface area (Å²) in [5.41, 5.74) is -0.275. The van der Waals surface area contributed by atoms with E-state index in [0.29, 0.717) is 12.4 Å². The SMILES string of the molecule is CCn1c(CNC(=O)CCl)n[nH]c1=O. The number of aromatic amines is 1. The first kappa shape index (κ1) is 10.8. The van der Waals surface area contributed by atoms with Crippen LogP contribution in [0, 0.1) is 0 Å². The first-order valence-corrected chi connectivity index (χ1v) is 4.69. The predicted molar refractivity (Wildman–Crippen MR) is 51.1 cm³/mol. The van der Waals surface area contributed by atoms with Crippen LogP contribution in [-0.2, 0) is 17.9 Å². The van der Waals surface area contributed by atoms with Gasteiger partial charge in [-0.25, -0.2) is 9.89 Å². The van der Waals surface area contributed by atoms with E-state index < -0.39 is 0 Å². The maximum atomic E-state index is 11.1. The third-order valence-electron chi connectivity index (χ3n) is 1.72. The van der Waals surface area contributed by atoms with Gasteiger partial charge >= 0.3 is 5.69 Å². The largest absolute Gasteiger partial charge is 0.348 e. The Hall–Kier alpha value is -1.30. The number of hydrogen-bond acceptors (Lipinski definition) is 3. The topological polar surface area (TPSA) is 79.8 Å². The molecule has 0 fully saturated rings. The van der Waals surface area contributed by atoms with Crippen LogP contribution in [0.5, 0.6) is 0 Å². The smallest absolute Gasteiger partial charge is 0.343 e. The van der Waals surface area contributed by atoms with E-state index in [4.69, 9.17) is 11.6 Å². The molecule has 14 heavy (non-hydrogen) atoms. The summed E-state index contributed by atoms with van der Waals surface area (Å²) in [7, 11) is 0. The van der Waals surface area contributed by atoms with Crippen molar-refractivity contribution in [3.05, 3.63) is 16.3 Å². The minimum atomic E-state index is -0.287. The van der Waals surface area contributed by atoms with Crippen molar-refractivity contribution >= 4 is 17.5 Å². The maximum Gasteiger partial charge on any atom is 0.343 e. The molecule has 0 spiro atoms. The molecular formula is C7H11ClN4O2. The van der Waals surface area contributed by atoms with Crippen molar-refractivity contribution in [3.8, 4) is 0 Å². The lowest BCUT2D eigenvalue weighted by Gasteiger charge is -2.02. The van der Waals surface area contributed by atoms with Gasteiger partial charge in [-0.1, -0.05) is 0 Å². The zero-order valence-corrected chi connectivity index (χ0v) is 8.47. The molecule has 7 heteroatoms. The van der Waals surface area contributed by atoms with Gasteiger partial charge in [-0.3, -0.25) is 9.36 Å². The molecule has 1 aromatic rings. The van der Waals surface area contributed by atoms with Crippen molar-refractivity contribution in [2.75, 3.05) is 5.88 Å². The monoisotopic (exact) mass is 218 g/mol. The number of carbonyl (C=O) groups excluding carboxylic acids is 1. The average molecular weight is 219 g/mol. The highest BCUT2D eigenvalue weighted by molar-refractivity contribution is 6.27. The van der Waals surface area contributed by atoms with Crippen LogP contribution in [0.25, 0.3) is 0 Å². The molecular weight excluding hydrogens is 208 g/mol. The highest BCUT2D eigenvalue weighted by Gasteiger charge is 2.06. The molecule has 1 heterocycles. The van der Waals surface area contributed by atoms with Gasteiger partial charge in [0.25, 0.3) is 0 Å². The highest BCUT2D eigenvalue weighted by Crippen LogP contribution is 1.89. The van der Waals surface area contributed by atoms with Crippen LogP contribution < -0.4 is 11.0 Å². The molecule has 0 radical (unpaired) electrons. The van der Waals surface area contributed by atoms with Gasteiger partial charge < -0.3 is 5.32 Å². The lowest BCUT2D eigenvalue weighted by Crippen LogP contribution is -2.27. The van der Waals surface area contributed by atoms with E-state index in [1.807, 2.05) is 6.92 Å². The van der Waals surface area contributed by atoms with Crippen molar-refractivity contribution in [1.82, 2.24) is 20.1 Å². The van der Waals surface area contributed by atoms with Gasteiger partial charge in [-0.15, -0.1) is 11.6 Å². The molecule has 1 rings (SSSR count). The second kappa shape index (κ2) is 4.80. The van der Waals surface area contributed by atoms with E-state index >= 15 is 0 Å². The molecule has 1 amide bonds. The zero-order chi connectivity index (χ0) is 10.6. The second-order valence-corrected chi connectivity index (χ2v) is 2.87. The molecule has 0 unspecified atom stereocenters. The number of halogens is 1. The van der Waals surface area contributed by atoms with Crippen LogP contribution in [0.3, 0.4) is 0 Å². The van der Waals surface area contributed by atoms with Crippen molar-refractivity contribution < 1.29 is 4.79 Å². The van der Waals surface area contributed by atoms with Crippen LogP contribution in [0.1, 0.15) is 12.7 Å². The van der Waals surface area contributed by atoms with Gasteiger partial charge in [0, 0.05) is 6.54 Å². The average Bonchev–Trinajstić information content (AvgIpc) is 2.55. The number of carbonyl (C=O) groups is 1. The van der Waals surface area contributed by atoms with Gasteiger partial charge in [0.05, 0.1) is 6.54 Å². The lowest BCUT2D eigenvalue weighted by molar-refractivity contribution is -0.118. The molecule has 78 valence electrons. The highest BCUT2D eigenvalue weighted by atomic mass is 35.5. The Bertz CT molecular complexity index is 370. The van der Waals surface area contributed by atoms with E-state index in [0.717, 1.165) is 0 Å². The third-order valence-corrected chi connectivity index (χ3v) is 1.96. The van der Waals surface area contributed by atoms with Crippen LogP contribution in [0.15, 0.2) is 4.79 Å².